The maximum absolute atomic E-state index is 10.4. The predicted molar refractivity (Wildman–Crippen MR) is 178 cm³/mol. The van der Waals surface area contributed by atoms with Gasteiger partial charge in [0.1, 0.15) is 33.9 Å². The van der Waals surface area contributed by atoms with Gasteiger partial charge in [-0.3, -0.25) is 0 Å². The number of hydrogen-bond donors (Lipinski definition) is 2. The molecule has 45 heavy (non-hydrogen) atoms. The maximum Gasteiger partial charge on any atom is 0.159 e. The largest absolute Gasteiger partial charge is 0.506 e. The molecule has 8 aromatic rings. The lowest BCUT2D eigenvalue weighted by Crippen LogP contribution is -1.99. The van der Waals surface area contributed by atoms with Crippen molar-refractivity contribution in [2.75, 3.05) is 0 Å². The lowest BCUT2D eigenvalue weighted by Gasteiger charge is -2.08. The van der Waals surface area contributed by atoms with E-state index in [0.29, 0.717) is 11.0 Å². The van der Waals surface area contributed by atoms with Crippen LogP contribution in [0.2, 0.25) is 0 Å². The van der Waals surface area contributed by atoms with Gasteiger partial charge in [-0.2, -0.15) is 0 Å². The standard InChI is InChI=1S/C37H30N6O2/c1-3-42-30-17-11-22(20-28(30)40-36(42)26-15-13-24-7-5-9-32(44)34(24)38-26)19-23-12-18-31-29(21-23)41-37(43(31)4-2)27-16-14-25-8-6-10-33(45)35(25)39-27/h5-18,20-21,44-45H,3-4,19H2,1-2H3. The van der Waals surface area contributed by atoms with Crippen molar-refractivity contribution in [3.05, 3.63) is 108 Å². The monoisotopic (exact) mass is 590 g/mol. The zero-order valence-electron chi connectivity index (χ0n) is 24.9. The quantitative estimate of drug-likeness (QED) is 0.204. The van der Waals surface area contributed by atoms with Crippen LogP contribution in [0.5, 0.6) is 11.5 Å². The zero-order chi connectivity index (χ0) is 30.7. The van der Waals surface area contributed by atoms with Gasteiger partial charge in [-0.25, -0.2) is 19.9 Å². The molecule has 4 aromatic heterocycles. The summed E-state index contributed by atoms with van der Waals surface area (Å²) in [5.74, 6) is 1.89. The highest BCUT2D eigenvalue weighted by atomic mass is 16.3. The molecule has 0 amide bonds. The van der Waals surface area contributed by atoms with Crippen molar-refractivity contribution in [2.24, 2.45) is 0 Å². The van der Waals surface area contributed by atoms with Crippen molar-refractivity contribution in [3.63, 3.8) is 0 Å². The van der Waals surface area contributed by atoms with E-state index in [9.17, 15) is 10.2 Å². The number of hydrogen-bond acceptors (Lipinski definition) is 6. The Morgan fingerprint density at radius 1 is 0.533 bits per heavy atom. The van der Waals surface area contributed by atoms with Crippen molar-refractivity contribution >= 4 is 43.9 Å². The number of pyridine rings is 2. The second-order valence-corrected chi connectivity index (χ2v) is 11.3. The van der Waals surface area contributed by atoms with Crippen molar-refractivity contribution < 1.29 is 10.2 Å². The van der Waals surface area contributed by atoms with Crippen LogP contribution in [0.1, 0.15) is 25.0 Å². The first kappa shape index (κ1) is 26.8. The molecule has 0 atom stereocenters. The number of rotatable bonds is 6. The minimum atomic E-state index is 0.163. The molecule has 4 heterocycles. The van der Waals surface area contributed by atoms with Crippen molar-refractivity contribution in [1.29, 1.82) is 0 Å². The molecule has 0 aliphatic carbocycles. The Morgan fingerprint density at radius 2 is 1.00 bits per heavy atom. The Hall–Kier alpha value is -5.76. The average Bonchev–Trinajstić information content (AvgIpc) is 3.62. The second kappa shape index (κ2) is 10.4. The van der Waals surface area contributed by atoms with Crippen LogP contribution in [0.25, 0.3) is 66.9 Å². The van der Waals surface area contributed by atoms with E-state index in [1.54, 1.807) is 12.1 Å². The first-order chi connectivity index (χ1) is 22.0. The summed E-state index contributed by atoms with van der Waals surface area (Å²) in [6.07, 6.45) is 0.735. The smallest absolute Gasteiger partial charge is 0.159 e. The molecule has 8 heteroatoms. The second-order valence-electron chi connectivity index (χ2n) is 11.3. The summed E-state index contributed by atoms with van der Waals surface area (Å²) in [5.41, 5.74) is 8.82. The van der Waals surface area contributed by atoms with Gasteiger partial charge in [-0.1, -0.05) is 48.5 Å². The van der Waals surface area contributed by atoms with E-state index in [4.69, 9.17) is 19.9 Å². The molecule has 0 aliphatic rings. The number of aromatic hydroxyl groups is 2. The van der Waals surface area contributed by atoms with Crippen LogP contribution in [0.4, 0.5) is 0 Å². The first-order valence-corrected chi connectivity index (χ1v) is 15.2. The van der Waals surface area contributed by atoms with E-state index in [2.05, 4.69) is 59.4 Å². The minimum Gasteiger partial charge on any atom is -0.506 e. The van der Waals surface area contributed by atoms with Gasteiger partial charge < -0.3 is 19.3 Å². The third-order valence-corrected chi connectivity index (χ3v) is 8.52. The summed E-state index contributed by atoms with van der Waals surface area (Å²) < 4.78 is 4.33. The number of phenolic OH excluding ortho intramolecular Hbond substituents is 2. The molecule has 4 aromatic carbocycles. The summed E-state index contributed by atoms with van der Waals surface area (Å²) in [4.78, 5) is 19.5. The van der Waals surface area contributed by atoms with Crippen LogP contribution >= 0.6 is 0 Å². The fourth-order valence-corrected chi connectivity index (χ4v) is 6.35. The molecular weight excluding hydrogens is 560 g/mol. The SMILES string of the molecule is CCn1c(-c2ccc3cccc(O)c3n2)nc2cc(Cc3ccc4c(c3)nc(-c3ccc5cccc(O)c5n3)n4CC)ccc21. The predicted octanol–water partition coefficient (Wildman–Crippen LogP) is 7.86. The topological polar surface area (TPSA) is 102 Å². The molecular formula is C37H30N6O2. The lowest BCUT2D eigenvalue weighted by atomic mass is 10.0. The van der Waals surface area contributed by atoms with E-state index in [1.807, 2.05) is 48.5 Å². The average molecular weight is 591 g/mol. The minimum absolute atomic E-state index is 0.163. The number of imidazole rings is 2. The van der Waals surface area contributed by atoms with Crippen molar-refractivity contribution in [3.8, 4) is 34.5 Å². The molecule has 0 saturated carbocycles. The van der Waals surface area contributed by atoms with E-state index in [-0.39, 0.29) is 11.5 Å². The lowest BCUT2D eigenvalue weighted by molar-refractivity contribution is 0.480. The molecule has 0 saturated heterocycles. The summed E-state index contributed by atoms with van der Waals surface area (Å²) in [5, 5.41) is 22.5. The Labute approximate surface area is 258 Å². The van der Waals surface area contributed by atoms with Gasteiger partial charge in [0.15, 0.2) is 11.6 Å². The van der Waals surface area contributed by atoms with Crippen LogP contribution < -0.4 is 0 Å². The molecule has 8 rings (SSSR count). The maximum atomic E-state index is 10.4. The van der Waals surface area contributed by atoms with E-state index >= 15 is 0 Å². The fraction of sp³-hybridized carbons (Fsp3) is 0.135. The third-order valence-electron chi connectivity index (χ3n) is 8.52. The molecule has 0 aliphatic heterocycles. The number of benzene rings is 4. The van der Waals surface area contributed by atoms with Gasteiger partial charge in [0.05, 0.1) is 22.1 Å². The molecule has 0 bridgehead atoms. The molecule has 8 nitrogen and oxygen atoms in total. The zero-order valence-corrected chi connectivity index (χ0v) is 24.9. The Balaban J connectivity index is 1.14. The molecule has 0 unspecified atom stereocenters. The van der Waals surface area contributed by atoms with Gasteiger partial charge in [-0.15, -0.1) is 0 Å². The summed E-state index contributed by atoms with van der Waals surface area (Å²) in [6, 6.07) is 31.6. The number of phenols is 2. The van der Waals surface area contributed by atoms with Crippen LogP contribution in [0.3, 0.4) is 0 Å². The van der Waals surface area contributed by atoms with E-state index in [0.717, 1.165) is 86.5 Å². The van der Waals surface area contributed by atoms with Gasteiger partial charge >= 0.3 is 0 Å². The van der Waals surface area contributed by atoms with E-state index < -0.39 is 0 Å². The van der Waals surface area contributed by atoms with Gasteiger partial charge in [0.25, 0.3) is 0 Å². The van der Waals surface area contributed by atoms with Crippen LogP contribution in [0, 0.1) is 0 Å². The van der Waals surface area contributed by atoms with Crippen LogP contribution in [-0.2, 0) is 19.5 Å². The van der Waals surface area contributed by atoms with Gasteiger partial charge in [0.2, 0.25) is 0 Å². The number of fused-ring (bicyclic) bond motifs is 4. The van der Waals surface area contributed by atoms with Crippen LogP contribution in [-0.4, -0.2) is 39.3 Å². The Bertz CT molecular complexity index is 2250. The molecule has 220 valence electrons. The summed E-state index contributed by atoms with van der Waals surface area (Å²) in [7, 11) is 0. The van der Waals surface area contributed by atoms with Crippen LogP contribution in [0.15, 0.2) is 97.1 Å². The number of aryl methyl sites for hydroxylation is 2. The Morgan fingerprint density at radius 3 is 1.44 bits per heavy atom. The summed E-state index contributed by atoms with van der Waals surface area (Å²) in [6.45, 7) is 5.70. The highest BCUT2D eigenvalue weighted by molar-refractivity contribution is 5.89. The van der Waals surface area contributed by atoms with Crippen molar-refractivity contribution in [1.82, 2.24) is 29.1 Å². The number of nitrogens with zero attached hydrogens (tertiary/aromatic N) is 6. The fourth-order valence-electron chi connectivity index (χ4n) is 6.35. The van der Waals surface area contributed by atoms with Crippen molar-refractivity contribution in [2.45, 2.75) is 33.4 Å². The highest BCUT2D eigenvalue weighted by Crippen LogP contribution is 2.31. The highest BCUT2D eigenvalue weighted by Gasteiger charge is 2.17. The number of aromatic nitrogens is 6. The normalized spacial score (nSPS) is 11.8. The summed E-state index contributed by atoms with van der Waals surface area (Å²) >= 11 is 0. The molecule has 0 fully saturated rings. The van der Waals surface area contributed by atoms with Gasteiger partial charge in [-0.05, 0) is 79.9 Å². The molecule has 2 N–H and O–H groups in total. The Kier molecular flexibility index (Phi) is 6.23. The molecule has 0 spiro atoms. The molecule has 0 radical (unpaired) electrons. The van der Waals surface area contributed by atoms with Gasteiger partial charge in [0, 0.05) is 23.9 Å². The number of para-hydroxylation sites is 2. The first-order valence-electron chi connectivity index (χ1n) is 15.2. The van der Waals surface area contributed by atoms with E-state index in [1.165, 1.54) is 0 Å². The third kappa shape index (κ3) is 4.45.